The van der Waals surface area contributed by atoms with Crippen molar-refractivity contribution in [1.29, 1.82) is 0 Å². The van der Waals surface area contributed by atoms with Crippen LogP contribution in [0.4, 0.5) is 0 Å². The van der Waals surface area contributed by atoms with E-state index < -0.39 is 36.5 Å². The summed E-state index contributed by atoms with van der Waals surface area (Å²) >= 11 is 12.3. The number of nitrogens with zero attached hydrogens (tertiary/aromatic N) is 1. The predicted molar refractivity (Wildman–Crippen MR) is 114 cm³/mol. The largest absolute Gasteiger partial charge is 0.481 e. The standard InChI is InChI=1S/C22H23Cl2NO5/c1-13(9-10-26)25-20(14-5-7-16(23)8-6-14)21(15-3-2-4-17(24)11-15)30-18(22(25)29)12-19(27)28/h2-8,11,13,18,20-21,26H,9-10,12H2,1H3,(H,27,28)/t13-,18+,20+,21+/m0/s1. The molecule has 2 aromatic carbocycles. The van der Waals surface area contributed by atoms with E-state index in [9.17, 15) is 19.8 Å². The second kappa shape index (κ2) is 9.79. The van der Waals surface area contributed by atoms with Gasteiger partial charge in [0.25, 0.3) is 5.91 Å². The Hall–Kier alpha value is -2.12. The molecule has 1 aliphatic heterocycles. The number of hydrogen-bond donors (Lipinski definition) is 2. The maximum Gasteiger partial charge on any atom is 0.306 e. The third-order valence-electron chi connectivity index (χ3n) is 5.20. The summed E-state index contributed by atoms with van der Waals surface area (Å²) in [4.78, 5) is 26.3. The van der Waals surface area contributed by atoms with Crippen molar-refractivity contribution < 1.29 is 24.5 Å². The number of aliphatic carboxylic acids is 1. The summed E-state index contributed by atoms with van der Waals surface area (Å²) in [6.45, 7) is 1.72. The molecule has 4 atom stereocenters. The molecule has 1 heterocycles. The Balaban J connectivity index is 2.14. The number of hydrogen-bond acceptors (Lipinski definition) is 4. The van der Waals surface area contributed by atoms with Gasteiger partial charge in [0.2, 0.25) is 0 Å². The number of carbonyl (C=O) groups excluding carboxylic acids is 1. The van der Waals surface area contributed by atoms with E-state index in [1.165, 1.54) is 0 Å². The first-order valence-electron chi connectivity index (χ1n) is 9.63. The van der Waals surface area contributed by atoms with E-state index in [4.69, 9.17) is 27.9 Å². The Kier molecular flexibility index (Phi) is 7.36. The SMILES string of the molecule is C[C@@H](CCO)N1C(=O)[C@@H](CC(=O)O)O[C@H](c2cccc(Cl)c2)[C@H]1c1ccc(Cl)cc1. The van der Waals surface area contributed by atoms with Crippen LogP contribution in [-0.2, 0) is 14.3 Å². The van der Waals surface area contributed by atoms with Crippen LogP contribution >= 0.6 is 23.2 Å². The van der Waals surface area contributed by atoms with Crippen molar-refractivity contribution in [3.8, 4) is 0 Å². The summed E-state index contributed by atoms with van der Waals surface area (Å²) in [5.74, 6) is -1.55. The molecule has 3 rings (SSSR count). The summed E-state index contributed by atoms with van der Waals surface area (Å²) in [5.41, 5.74) is 1.52. The quantitative estimate of drug-likeness (QED) is 0.656. The van der Waals surface area contributed by atoms with Crippen molar-refractivity contribution in [1.82, 2.24) is 4.90 Å². The van der Waals surface area contributed by atoms with Gasteiger partial charge in [-0.05, 0) is 48.7 Å². The Morgan fingerprint density at radius 2 is 1.83 bits per heavy atom. The maximum atomic E-state index is 13.3. The van der Waals surface area contributed by atoms with Crippen molar-refractivity contribution in [3.63, 3.8) is 0 Å². The highest BCUT2D eigenvalue weighted by molar-refractivity contribution is 6.30. The number of carboxylic acids is 1. The van der Waals surface area contributed by atoms with E-state index in [-0.39, 0.29) is 12.6 Å². The molecule has 0 aromatic heterocycles. The molecule has 1 aliphatic rings. The van der Waals surface area contributed by atoms with Crippen LogP contribution in [0.1, 0.15) is 43.0 Å². The first-order chi connectivity index (χ1) is 14.3. The van der Waals surface area contributed by atoms with E-state index in [0.717, 1.165) is 11.1 Å². The molecule has 1 saturated heterocycles. The van der Waals surface area contributed by atoms with Gasteiger partial charge in [-0.25, -0.2) is 0 Å². The maximum absolute atomic E-state index is 13.3. The number of rotatable bonds is 7. The first kappa shape index (κ1) is 22.6. The fourth-order valence-corrected chi connectivity index (χ4v) is 4.13. The Morgan fingerprint density at radius 1 is 1.13 bits per heavy atom. The molecule has 0 aliphatic carbocycles. The molecule has 8 heteroatoms. The average molecular weight is 452 g/mol. The van der Waals surface area contributed by atoms with Crippen molar-refractivity contribution in [2.24, 2.45) is 0 Å². The number of aliphatic hydroxyl groups is 1. The van der Waals surface area contributed by atoms with Gasteiger partial charge in [0, 0.05) is 22.7 Å². The molecular formula is C22H23Cl2NO5. The van der Waals surface area contributed by atoms with Crippen LogP contribution in [0.25, 0.3) is 0 Å². The number of ether oxygens (including phenoxy) is 1. The number of benzene rings is 2. The van der Waals surface area contributed by atoms with E-state index in [2.05, 4.69) is 0 Å². The lowest BCUT2D eigenvalue weighted by molar-refractivity contribution is -0.183. The van der Waals surface area contributed by atoms with Gasteiger partial charge in [-0.3, -0.25) is 9.59 Å². The fourth-order valence-electron chi connectivity index (χ4n) is 3.81. The highest BCUT2D eigenvalue weighted by atomic mass is 35.5. The summed E-state index contributed by atoms with van der Waals surface area (Å²) in [6, 6.07) is 13.3. The summed E-state index contributed by atoms with van der Waals surface area (Å²) in [5, 5.41) is 19.8. The van der Waals surface area contributed by atoms with Gasteiger partial charge in [-0.1, -0.05) is 47.5 Å². The van der Waals surface area contributed by atoms with Gasteiger partial charge >= 0.3 is 5.97 Å². The predicted octanol–water partition coefficient (Wildman–Crippen LogP) is 4.25. The molecule has 0 spiro atoms. The average Bonchev–Trinajstić information content (AvgIpc) is 2.69. The van der Waals surface area contributed by atoms with E-state index >= 15 is 0 Å². The van der Waals surface area contributed by atoms with Crippen LogP contribution in [0.3, 0.4) is 0 Å². The molecule has 0 radical (unpaired) electrons. The molecular weight excluding hydrogens is 429 g/mol. The molecule has 2 aromatic rings. The zero-order chi connectivity index (χ0) is 21.8. The third-order valence-corrected chi connectivity index (χ3v) is 5.68. The smallest absolute Gasteiger partial charge is 0.306 e. The van der Waals surface area contributed by atoms with Gasteiger partial charge in [0.1, 0.15) is 12.2 Å². The number of morpholine rings is 1. The second-order valence-corrected chi connectivity index (χ2v) is 8.17. The Bertz CT molecular complexity index is 905. The van der Waals surface area contributed by atoms with Gasteiger partial charge in [0.05, 0.1) is 12.5 Å². The van der Waals surface area contributed by atoms with E-state index in [0.29, 0.717) is 16.5 Å². The van der Waals surface area contributed by atoms with Gasteiger partial charge in [-0.15, -0.1) is 0 Å². The van der Waals surface area contributed by atoms with Crippen molar-refractivity contribution in [3.05, 3.63) is 69.7 Å². The van der Waals surface area contributed by atoms with Crippen LogP contribution in [0.15, 0.2) is 48.5 Å². The normalized spacial score (nSPS) is 22.7. The lowest BCUT2D eigenvalue weighted by Crippen LogP contribution is -2.54. The number of carbonyl (C=O) groups is 2. The summed E-state index contributed by atoms with van der Waals surface area (Å²) in [7, 11) is 0. The van der Waals surface area contributed by atoms with Crippen LogP contribution in [0.2, 0.25) is 10.0 Å². The van der Waals surface area contributed by atoms with E-state index in [1.807, 2.05) is 25.1 Å². The van der Waals surface area contributed by atoms with E-state index in [1.54, 1.807) is 35.2 Å². The zero-order valence-corrected chi connectivity index (χ0v) is 17.9. The fraction of sp³-hybridized carbons (Fsp3) is 0.364. The van der Waals surface area contributed by atoms with Gasteiger partial charge in [0.15, 0.2) is 0 Å². The van der Waals surface area contributed by atoms with Crippen molar-refractivity contribution in [2.75, 3.05) is 6.61 Å². The Morgan fingerprint density at radius 3 is 2.43 bits per heavy atom. The van der Waals surface area contributed by atoms with Crippen LogP contribution in [0.5, 0.6) is 0 Å². The molecule has 0 unspecified atom stereocenters. The minimum Gasteiger partial charge on any atom is -0.481 e. The van der Waals surface area contributed by atoms with Crippen LogP contribution < -0.4 is 0 Å². The Labute approximate surface area is 185 Å². The topological polar surface area (TPSA) is 87.1 Å². The highest BCUT2D eigenvalue weighted by Gasteiger charge is 2.46. The molecule has 1 amide bonds. The molecule has 30 heavy (non-hydrogen) atoms. The lowest BCUT2D eigenvalue weighted by Gasteiger charge is -2.47. The summed E-state index contributed by atoms with van der Waals surface area (Å²) < 4.78 is 6.08. The number of carboxylic acid groups (broad SMARTS) is 1. The minimum atomic E-state index is -1.14. The van der Waals surface area contributed by atoms with Crippen molar-refractivity contribution >= 4 is 35.1 Å². The zero-order valence-electron chi connectivity index (χ0n) is 16.4. The first-order valence-corrected chi connectivity index (χ1v) is 10.4. The minimum absolute atomic E-state index is 0.107. The molecule has 0 saturated carbocycles. The number of amides is 1. The van der Waals surface area contributed by atoms with Crippen LogP contribution in [-0.4, -0.2) is 45.7 Å². The molecule has 6 nitrogen and oxygen atoms in total. The summed E-state index contributed by atoms with van der Waals surface area (Å²) in [6.07, 6.45) is -1.90. The lowest BCUT2D eigenvalue weighted by atomic mass is 9.89. The van der Waals surface area contributed by atoms with Crippen LogP contribution in [0, 0.1) is 0 Å². The van der Waals surface area contributed by atoms with Crippen molar-refractivity contribution in [2.45, 2.75) is 44.1 Å². The number of aliphatic hydroxyl groups excluding tert-OH is 1. The van der Waals surface area contributed by atoms with Gasteiger partial charge in [-0.2, -0.15) is 0 Å². The molecule has 2 N–H and O–H groups in total. The highest BCUT2D eigenvalue weighted by Crippen LogP contribution is 2.44. The van der Waals surface area contributed by atoms with Gasteiger partial charge < -0.3 is 19.8 Å². The number of halogens is 2. The monoisotopic (exact) mass is 451 g/mol. The molecule has 1 fully saturated rings. The second-order valence-electron chi connectivity index (χ2n) is 7.30. The molecule has 0 bridgehead atoms. The molecule has 160 valence electrons. The third kappa shape index (κ3) is 4.95.